The number of nitrogens with one attached hydrogen (secondary N) is 1. The molecule has 0 saturated carbocycles. The topological polar surface area (TPSA) is 64.6 Å². The number of esters is 2. The van der Waals surface area contributed by atoms with E-state index in [1.807, 2.05) is 19.1 Å². The van der Waals surface area contributed by atoms with E-state index in [1.54, 1.807) is 6.07 Å². The number of aryl methyl sites for hydroxylation is 1. The molecule has 0 aromatic heterocycles. The highest BCUT2D eigenvalue weighted by Crippen LogP contribution is 2.21. The van der Waals surface area contributed by atoms with Crippen LogP contribution in [0.5, 0.6) is 0 Å². The van der Waals surface area contributed by atoms with Crippen LogP contribution in [-0.2, 0) is 19.1 Å². The first-order chi connectivity index (χ1) is 8.97. The molecule has 0 atom stereocenters. The number of ether oxygens (including phenoxy) is 2. The highest BCUT2D eigenvalue weighted by molar-refractivity contribution is 9.10. The van der Waals surface area contributed by atoms with E-state index in [-0.39, 0.29) is 5.70 Å². The van der Waals surface area contributed by atoms with Crippen LogP contribution in [-0.4, -0.2) is 26.2 Å². The lowest BCUT2D eigenvalue weighted by Crippen LogP contribution is -2.16. The van der Waals surface area contributed by atoms with Gasteiger partial charge < -0.3 is 14.8 Å². The van der Waals surface area contributed by atoms with Gasteiger partial charge in [-0.2, -0.15) is 0 Å². The van der Waals surface area contributed by atoms with Gasteiger partial charge in [0, 0.05) is 10.2 Å². The van der Waals surface area contributed by atoms with Gasteiger partial charge in [0.2, 0.25) is 0 Å². The van der Waals surface area contributed by atoms with E-state index in [2.05, 4.69) is 30.7 Å². The molecule has 0 bridgehead atoms. The lowest BCUT2D eigenvalue weighted by Gasteiger charge is -2.11. The summed E-state index contributed by atoms with van der Waals surface area (Å²) < 4.78 is 10.0. The first-order valence-electron chi connectivity index (χ1n) is 5.39. The number of halogens is 1. The Balaban J connectivity index is 3.04. The third-order valence-corrected chi connectivity index (χ3v) is 2.82. The Morgan fingerprint density at radius 1 is 1.26 bits per heavy atom. The van der Waals surface area contributed by atoms with Gasteiger partial charge >= 0.3 is 11.9 Å². The number of anilines is 1. The van der Waals surface area contributed by atoms with Crippen LogP contribution in [0.4, 0.5) is 5.69 Å². The summed E-state index contributed by atoms with van der Waals surface area (Å²) in [5.74, 6) is -1.28. The molecule has 0 aliphatic rings. The van der Waals surface area contributed by atoms with Gasteiger partial charge in [0.15, 0.2) is 0 Å². The SMILES string of the molecule is COC(=O)/C=C(/Nc1ccc(Br)cc1C)C(=O)OC. The van der Waals surface area contributed by atoms with Gasteiger partial charge in [-0.15, -0.1) is 0 Å². The number of rotatable bonds is 4. The maximum atomic E-state index is 11.6. The largest absolute Gasteiger partial charge is 0.466 e. The molecule has 102 valence electrons. The fraction of sp³-hybridized carbons (Fsp3) is 0.231. The maximum absolute atomic E-state index is 11.6. The van der Waals surface area contributed by atoms with E-state index in [4.69, 9.17) is 0 Å². The molecule has 0 fully saturated rings. The minimum Gasteiger partial charge on any atom is -0.466 e. The zero-order chi connectivity index (χ0) is 14.4. The minimum atomic E-state index is -0.646. The van der Waals surface area contributed by atoms with Crippen molar-refractivity contribution in [2.75, 3.05) is 19.5 Å². The Hall–Kier alpha value is -1.82. The normalized spacial score (nSPS) is 10.8. The second kappa shape index (κ2) is 6.94. The highest BCUT2D eigenvalue weighted by Gasteiger charge is 2.13. The molecule has 1 aromatic rings. The van der Waals surface area contributed by atoms with Crippen LogP contribution in [0.1, 0.15) is 5.56 Å². The zero-order valence-electron chi connectivity index (χ0n) is 10.8. The molecule has 0 heterocycles. The van der Waals surface area contributed by atoms with Crippen LogP contribution in [0, 0.1) is 6.92 Å². The van der Waals surface area contributed by atoms with Gasteiger partial charge in [-0.05, 0) is 30.7 Å². The average molecular weight is 328 g/mol. The van der Waals surface area contributed by atoms with Crippen molar-refractivity contribution in [2.45, 2.75) is 6.92 Å². The van der Waals surface area contributed by atoms with E-state index in [0.29, 0.717) is 5.69 Å². The summed E-state index contributed by atoms with van der Waals surface area (Å²) in [7, 11) is 2.47. The molecule has 1 aromatic carbocycles. The summed E-state index contributed by atoms with van der Waals surface area (Å²) in [6.07, 6.45) is 1.05. The fourth-order valence-electron chi connectivity index (χ4n) is 1.35. The fourth-order valence-corrected chi connectivity index (χ4v) is 1.82. The summed E-state index contributed by atoms with van der Waals surface area (Å²) in [4.78, 5) is 22.8. The lowest BCUT2D eigenvalue weighted by molar-refractivity contribution is -0.138. The van der Waals surface area contributed by atoms with E-state index >= 15 is 0 Å². The molecule has 1 rings (SSSR count). The summed E-state index contributed by atoms with van der Waals surface area (Å²) in [5.41, 5.74) is 1.62. The second-order valence-electron chi connectivity index (χ2n) is 3.66. The minimum absolute atomic E-state index is 0.0137. The first kappa shape index (κ1) is 15.2. The van der Waals surface area contributed by atoms with Crippen LogP contribution in [0.15, 0.2) is 34.4 Å². The standard InChI is InChI=1S/C13H14BrNO4/c1-8-6-9(14)4-5-10(8)15-11(13(17)19-3)7-12(16)18-2/h4-7,15H,1-3H3/b11-7+. The van der Waals surface area contributed by atoms with E-state index in [9.17, 15) is 9.59 Å². The highest BCUT2D eigenvalue weighted by atomic mass is 79.9. The van der Waals surface area contributed by atoms with Crippen molar-refractivity contribution in [3.8, 4) is 0 Å². The van der Waals surface area contributed by atoms with Crippen molar-refractivity contribution in [2.24, 2.45) is 0 Å². The summed E-state index contributed by atoms with van der Waals surface area (Å²) in [5, 5.41) is 2.86. The molecule has 0 amide bonds. The number of methoxy groups -OCH3 is 2. The number of benzene rings is 1. The Morgan fingerprint density at radius 3 is 2.47 bits per heavy atom. The Labute approximate surface area is 119 Å². The molecule has 0 saturated heterocycles. The Bertz CT molecular complexity index is 525. The summed E-state index contributed by atoms with van der Waals surface area (Å²) in [6, 6.07) is 5.49. The number of carbonyl (C=O) groups excluding carboxylic acids is 2. The van der Waals surface area contributed by atoms with Crippen molar-refractivity contribution < 1.29 is 19.1 Å². The van der Waals surface area contributed by atoms with Gasteiger partial charge in [0.1, 0.15) is 5.70 Å². The Morgan fingerprint density at radius 2 is 1.95 bits per heavy atom. The molecule has 6 heteroatoms. The van der Waals surface area contributed by atoms with Crippen molar-refractivity contribution in [3.05, 3.63) is 40.0 Å². The van der Waals surface area contributed by atoms with Gasteiger partial charge in [-0.3, -0.25) is 0 Å². The molecule has 0 unspecified atom stereocenters. The van der Waals surface area contributed by atoms with Crippen molar-refractivity contribution in [1.82, 2.24) is 0 Å². The first-order valence-corrected chi connectivity index (χ1v) is 6.18. The van der Waals surface area contributed by atoms with Gasteiger partial charge in [0.25, 0.3) is 0 Å². The number of hydrogen-bond donors (Lipinski definition) is 1. The van der Waals surface area contributed by atoms with Crippen molar-refractivity contribution >= 4 is 33.6 Å². The zero-order valence-corrected chi connectivity index (χ0v) is 12.4. The molecular weight excluding hydrogens is 314 g/mol. The predicted octanol–water partition coefficient (Wildman–Crippen LogP) is 2.40. The van der Waals surface area contributed by atoms with Crippen LogP contribution < -0.4 is 5.32 Å². The van der Waals surface area contributed by atoms with Crippen molar-refractivity contribution in [1.29, 1.82) is 0 Å². The van der Waals surface area contributed by atoms with E-state index in [0.717, 1.165) is 16.1 Å². The maximum Gasteiger partial charge on any atom is 0.354 e. The van der Waals surface area contributed by atoms with Gasteiger partial charge in [0.05, 0.1) is 20.3 Å². The third kappa shape index (κ3) is 4.40. The van der Waals surface area contributed by atoms with Gasteiger partial charge in [-0.1, -0.05) is 15.9 Å². The molecule has 19 heavy (non-hydrogen) atoms. The van der Waals surface area contributed by atoms with Crippen molar-refractivity contribution in [3.63, 3.8) is 0 Å². The molecule has 0 aliphatic heterocycles. The van der Waals surface area contributed by atoms with Crippen LogP contribution >= 0.6 is 15.9 Å². The smallest absolute Gasteiger partial charge is 0.354 e. The molecule has 5 nitrogen and oxygen atoms in total. The molecule has 0 radical (unpaired) electrons. The van der Waals surface area contributed by atoms with E-state index in [1.165, 1.54) is 14.2 Å². The molecule has 0 aliphatic carbocycles. The van der Waals surface area contributed by atoms with Crippen LogP contribution in [0.25, 0.3) is 0 Å². The van der Waals surface area contributed by atoms with Gasteiger partial charge in [-0.25, -0.2) is 9.59 Å². The molecule has 1 N–H and O–H groups in total. The summed E-state index contributed by atoms with van der Waals surface area (Å²) >= 11 is 3.35. The van der Waals surface area contributed by atoms with Crippen LogP contribution in [0.2, 0.25) is 0 Å². The molecule has 0 spiro atoms. The monoisotopic (exact) mass is 327 g/mol. The lowest BCUT2D eigenvalue weighted by atomic mass is 10.2. The number of hydrogen-bond acceptors (Lipinski definition) is 5. The third-order valence-electron chi connectivity index (χ3n) is 2.33. The second-order valence-corrected chi connectivity index (χ2v) is 4.57. The Kier molecular flexibility index (Phi) is 5.57. The average Bonchev–Trinajstić information content (AvgIpc) is 2.39. The van der Waals surface area contributed by atoms with E-state index < -0.39 is 11.9 Å². The molecular formula is C13H14BrNO4. The van der Waals surface area contributed by atoms with Crippen LogP contribution in [0.3, 0.4) is 0 Å². The number of carbonyl (C=O) groups is 2. The summed E-state index contributed by atoms with van der Waals surface area (Å²) in [6.45, 7) is 1.88. The quantitative estimate of drug-likeness (QED) is 0.679. The predicted molar refractivity (Wildman–Crippen MR) is 74.6 cm³/mol.